The Morgan fingerprint density at radius 3 is 2.37 bits per heavy atom. The van der Waals surface area contributed by atoms with E-state index in [-0.39, 0.29) is 28.1 Å². The third kappa shape index (κ3) is 4.61. The minimum Gasteiger partial charge on any atom is -0.506 e. The number of aromatic hydroxyl groups is 1. The molecule has 2 N–H and O–H groups in total. The van der Waals surface area contributed by atoms with E-state index in [1.54, 1.807) is 24.3 Å². The molecule has 0 aliphatic carbocycles. The van der Waals surface area contributed by atoms with E-state index >= 15 is 0 Å². The fraction of sp³-hybridized carbons (Fsp3) is 0.316. The van der Waals surface area contributed by atoms with Crippen molar-refractivity contribution >= 4 is 27.5 Å². The first-order chi connectivity index (χ1) is 12.9. The largest absolute Gasteiger partial charge is 0.506 e. The maximum atomic E-state index is 12.6. The number of carbonyl (C=O) groups excluding carboxylic acids is 1. The molecule has 0 aromatic heterocycles. The summed E-state index contributed by atoms with van der Waals surface area (Å²) in [4.78, 5) is 12.4. The molecule has 0 atom stereocenters. The Hall–Kier alpha value is -2.09. The SMILES string of the molecule is O=C(NCc1ccc(S(=O)(=O)N2CCCCC2)cc1)c1ccc(O)c(Cl)c1. The minimum absolute atomic E-state index is 0.0845. The van der Waals surface area contributed by atoms with Gasteiger partial charge in [0, 0.05) is 25.2 Å². The Morgan fingerprint density at radius 2 is 1.74 bits per heavy atom. The second-order valence-corrected chi connectivity index (χ2v) is 8.80. The predicted molar refractivity (Wildman–Crippen MR) is 103 cm³/mol. The van der Waals surface area contributed by atoms with E-state index in [9.17, 15) is 18.3 Å². The van der Waals surface area contributed by atoms with Gasteiger partial charge >= 0.3 is 0 Å². The molecular weight excluding hydrogens is 388 g/mol. The summed E-state index contributed by atoms with van der Waals surface area (Å²) in [5.74, 6) is -0.416. The standard InChI is InChI=1S/C19H21ClN2O4S/c20-17-12-15(6-9-18(17)23)19(24)21-13-14-4-7-16(8-5-14)27(25,26)22-10-2-1-3-11-22/h4-9,12,23H,1-3,10-11,13H2,(H,21,24). The smallest absolute Gasteiger partial charge is 0.251 e. The molecule has 27 heavy (non-hydrogen) atoms. The third-order valence-corrected chi connectivity index (χ3v) is 6.75. The molecule has 0 radical (unpaired) electrons. The van der Waals surface area contributed by atoms with Crippen molar-refractivity contribution < 1.29 is 18.3 Å². The van der Waals surface area contributed by atoms with Crippen LogP contribution in [0.25, 0.3) is 0 Å². The Bertz CT molecular complexity index is 923. The second kappa shape index (κ2) is 8.29. The molecule has 1 saturated heterocycles. The van der Waals surface area contributed by atoms with E-state index in [1.807, 2.05) is 0 Å². The molecule has 6 nitrogen and oxygen atoms in total. The third-order valence-electron chi connectivity index (χ3n) is 4.54. The van der Waals surface area contributed by atoms with Crippen LogP contribution in [-0.2, 0) is 16.6 Å². The molecule has 1 fully saturated rings. The molecule has 8 heteroatoms. The summed E-state index contributed by atoms with van der Waals surface area (Å²) in [6, 6.07) is 10.8. The highest BCUT2D eigenvalue weighted by Crippen LogP contribution is 2.24. The maximum Gasteiger partial charge on any atom is 0.251 e. The first-order valence-electron chi connectivity index (χ1n) is 8.74. The van der Waals surface area contributed by atoms with Gasteiger partial charge in [-0.2, -0.15) is 4.31 Å². The van der Waals surface area contributed by atoms with Gasteiger partial charge in [-0.1, -0.05) is 30.2 Å². The van der Waals surface area contributed by atoms with E-state index in [2.05, 4.69) is 5.32 Å². The summed E-state index contributed by atoms with van der Waals surface area (Å²) in [6.45, 7) is 1.38. The predicted octanol–water partition coefficient (Wildman–Crippen LogP) is 3.15. The number of rotatable bonds is 5. The first kappa shape index (κ1) is 19.7. The Balaban J connectivity index is 1.63. The van der Waals surface area contributed by atoms with Crippen LogP contribution < -0.4 is 5.32 Å². The quantitative estimate of drug-likeness (QED) is 0.795. The summed E-state index contributed by atoms with van der Waals surface area (Å²) in [6.07, 6.45) is 2.85. The van der Waals surface area contributed by atoms with Crippen molar-refractivity contribution in [1.29, 1.82) is 0 Å². The van der Waals surface area contributed by atoms with E-state index < -0.39 is 10.0 Å². The van der Waals surface area contributed by atoms with Gasteiger partial charge in [-0.15, -0.1) is 0 Å². The highest BCUT2D eigenvalue weighted by molar-refractivity contribution is 7.89. The lowest BCUT2D eigenvalue weighted by Crippen LogP contribution is -2.35. The van der Waals surface area contributed by atoms with Gasteiger partial charge in [0.15, 0.2) is 0 Å². The fourth-order valence-electron chi connectivity index (χ4n) is 2.97. The van der Waals surface area contributed by atoms with Crippen molar-refractivity contribution in [2.45, 2.75) is 30.7 Å². The number of phenols is 1. The van der Waals surface area contributed by atoms with Gasteiger partial charge in [0.25, 0.3) is 5.91 Å². The van der Waals surface area contributed by atoms with Crippen molar-refractivity contribution in [3.63, 3.8) is 0 Å². The lowest BCUT2D eigenvalue weighted by atomic mass is 10.2. The molecule has 2 aromatic carbocycles. The van der Waals surface area contributed by atoms with Gasteiger partial charge in [0.1, 0.15) is 5.75 Å². The van der Waals surface area contributed by atoms with Crippen LogP contribution in [-0.4, -0.2) is 36.8 Å². The Morgan fingerprint density at radius 1 is 1.07 bits per heavy atom. The lowest BCUT2D eigenvalue weighted by molar-refractivity contribution is 0.0951. The van der Waals surface area contributed by atoms with Crippen LogP contribution in [0.15, 0.2) is 47.4 Å². The molecule has 3 rings (SSSR count). The zero-order chi connectivity index (χ0) is 19.4. The number of carbonyl (C=O) groups is 1. The van der Waals surface area contributed by atoms with E-state index in [0.29, 0.717) is 18.7 Å². The summed E-state index contributed by atoms with van der Waals surface area (Å²) in [5.41, 5.74) is 1.12. The number of halogens is 1. The normalized spacial score (nSPS) is 15.4. The van der Waals surface area contributed by atoms with Crippen molar-refractivity contribution in [3.05, 3.63) is 58.6 Å². The van der Waals surface area contributed by atoms with Crippen LogP contribution in [0.3, 0.4) is 0 Å². The number of benzene rings is 2. The highest BCUT2D eigenvalue weighted by atomic mass is 35.5. The monoisotopic (exact) mass is 408 g/mol. The van der Waals surface area contributed by atoms with E-state index in [0.717, 1.165) is 24.8 Å². The fourth-order valence-corrected chi connectivity index (χ4v) is 4.66. The number of nitrogens with zero attached hydrogens (tertiary/aromatic N) is 1. The van der Waals surface area contributed by atoms with Crippen LogP contribution in [0.2, 0.25) is 5.02 Å². The molecule has 1 amide bonds. The second-order valence-electron chi connectivity index (χ2n) is 6.46. The molecule has 1 aliphatic heterocycles. The summed E-state index contributed by atoms with van der Waals surface area (Å²) in [7, 11) is -3.45. The molecule has 1 aliphatic rings. The minimum atomic E-state index is -3.45. The Kier molecular flexibility index (Phi) is 6.04. The average molecular weight is 409 g/mol. The molecular formula is C19H21ClN2O4S. The first-order valence-corrected chi connectivity index (χ1v) is 10.6. The molecule has 0 saturated carbocycles. The zero-order valence-corrected chi connectivity index (χ0v) is 16.3. The van der Waals surface area contributed by atoms with Crippen LogP contribution in [0.5, 0.6) is 5.75 Å². The number of hydrogen-bond donors (Lipinski definition) is 2. The van der Waals surface area contributed by atoms with Gasteiger partial charge in [-0.05, 0) is 48.7 Å². The maximum absolute atomic E-state index is 12.6. The van der Waals surface area contributed by atoms with Gasteiger partial charge in [-0.25, -0.2) is 8.42 Å². The molecule has 0 spiro atoms. The average Bonchev–Trinajstić information content (AvgIpc) is 2.69. The topological polar surface area (TPSA) is 86.7 Å². The van der Waals surface area contributed by atoms with Crippen LogP contribution >= 0.6 is 11.6 Å². The number of phenolic OH excluding ortho intramolecular Hbond substituents is 1. The van der Waals surface area contributed by atoms with Crippen LogP contribution in [0.1, 0.15) is 35.2 Å². The summed E-state index contributed by atoms with van der Waals surface area (Å²) < 4.78 is 26.8. The van der Waals surface area contributed by atoms with Crippen molar-refractivity contribution in [1.82, 2.24) is 9.62 Å². The van der Waals surface area contributed by atoms with Crippen LogP contribution in [0, 0.1) is 0 Å². The number of nitrogens with one attached hydrogen (secondary N) is 1. The van der Waals surface area contributed by atoms with Crippen molar-refractivity contribution in [2.24, 2.45) is 0 Å². The summed E-state index contributed by atoms with van der Waals surface area (Å²) >= 11 is 5.81. The van der Waals surface area contributed by atoms with Gasteiger partial charge in [0.05, 0.1) is 9.92 Å². The number of amides is 1. The van der Waals surface area contributed by atoms with Crippen LogP contribution in [0.4, 0.5) is 0 Å². The lowest BCUT2D eigenvalue weighted by Gasteiger charge is -2.25. The molecule has 0 unspecified atom stereocenters. The number of sulfonamides is 1. The number of hydrogen-bond acceptors (Lipinski definition) is 4. The summed E-state index contributed by atoms with van der Waals surface area (Å²) in [5, 5.41) is 12.3. The van der Waals surface area contributed by atoms with E-state index in [1.165, 1.54) is 22.5 Å². The van der Waals surface area contributed by atoms with Crippen molar-refractivity contribution in [3.8, 4) is 5.75 Å². The highest BCUT2D eigenvalue weighted by Gasteiger charge is 2.25. The Labute approximate surface area is 163 Å². The van der Waals surface area contributed by atoms with Gasteiger partial charge in [-0.3, -0.25) is 4.79 Å². The molecule has 1 heterocycles. The molecule has 0 bridgehead atoms. The molecule has 2 aromatic rings. The van der Waals surface area contributed by atoms with Gasteiger partial charge < -0.3 is 10.4 Å². The van der Waals surface area contributed by atoms with Crippen molar-refractivity contribution in [2.75, 3.05) is 13.1 Å². The molecule has 144 valence electrons. The van der Waals surface area contributed by atoms with Gasteiger partial charge in [0.2, 0.25) is 10.0 Å². The number of piperidine rings is 1. The van der Waals surface area contributed by atoms with E-state index in [4.69, 9.17) is 11.6 Å². The zero-order valence-electron chi connectivity index (χ0n) is 14.7.